The van der Waals surface area contributed by atoms with Crippen LogP contribution >= 0.6 is 0 Å². The SMILES string of the molecule is C=CC(=C)C.O=C1C=C[C@H](Oc2ccc3ccccc3c2)O1.O=C1CC[C@@H]2C(=O)O[C@@H](Oc3ccc4ccccc4c3)[C@@H]2C1. The molecule has 224 valence electrons. The molecule has 1 aliphatic carbocycles. The minimum atomic E-state index is -0.650. The number of esters is 2. The second-order valence-electron chi connectivity index (χ2n) is 10.8. The lowest BCUT2D eigenvalue weighted by Gasteiger charge is -2.24. The third kappa shape index (κ3) is 7.61. The van der Waals surface area contributed by atoms with Gasteiger partial charge >= 0.3 is 11.9 Å². The largest absolute Gasteiger partial charge is 0.454 e. The minimum Gasteiger partial charge on any atom is -0.454 e. The molecule has 3 aliphatic rings. The predicted molar refractivity (Wildman–Crippen MR) is 169 cm³/mol. The monoisotopic (exact) mass is 590 g/mol. The van der Waals surface area contributed by atoms with Gasteiger partial charge < -0.3 is 18.9 Å². The zero-order valence-electron chi connectivity index (χ0n) is 24.5. The third-order valence-corrected chi connectivity index (χ3v) is 7.52. The summed E-state index contributed by atoms with van der Waals surface area (Å²) in [5.41, 5.74) is 1.02. The van der Waals surface area contributed by atoms with Crippen molar-refractivity contribution in [1.82, 2.24) is 0 Å². The summed E-state index contributed by atoms with van der Waals surface area (Å²) < 4.78 is 21.7. The van der Waals surface area contributed by atoms with Crippen LogP contribution in [0.25, 0.3) is 21.5 Å². The molecule has 7 heteroatoms. The van der Waals surface area contributed by atoms with Crippen molar-refractivity contribution < 1.29 is 33.3 Å². The molecular formula is C37H34O7. The van der Waals surface area contributed by atoms with Gasteiger partial charge in [0.1, 0.15) is 17.3 Å². The molecule has 0 N–H and O–H groups in total. The van der Waals surface area contributed by atoms with E-state index in [1.54, 1.807) is 12.2 Å². The molecule has 2 fully saturated rings. The quantitative estimate of drug-likeness (QED) is 0.176. The number of carbonyl (C=O) groups excluding carboxylic acids is 3. The first-order valence-corrected chi connectivity index (χ1v) is 14.5. The molecule has 0 unspecified atom stereocenters. The smallest absolute Gasteiger partial charge is 0.334 e. The Morgan fingerprint density at radius 1 is 0.818 bits per heavy atom. The number of allylic oxidation sites excluding steroid dienone is 2. The van der Waals surface area contributed by atoms with Crippen LogP contribution in [0, 0.1) is 11.8 Å². The molecule has 1 saturated carbocycles. The molecule has 7 nitrogen and oxygen atoms in total. The van der Waals surface area contributed by atoms with Crippen molar-refractivity contribution in [2.45, 2.75) is 38.8 Å². The molecule has 0 aromatic heterocycles. The average molecular weight is 591 g/mol. The van der Waals surface area contributed by atoms with Crippen LogP contribution in [0.1, 0.15) is 26.2 Å². The highest BCUT2D eigenvalue weighted by Crippen LogP contribution is 2.39. The van der Waals surface area contributed by atoms with Gasteiger partial charge in [0.25, 0.3) is 6.29 Å². The van der Waals surface area contributed by atoms with Crippen molar-refractivity contribution >= 4 is 39.3 Å². The highest BCUT2D eigenvalue weighted by Gasteiger charge is 2.49. The summed E-state index contributed by atoms with van der Waals surface area (Å²) in [6.45, 7) is 8.93. The summed E-state index contributed by atoms with van der Waals surface area (Å²) in [6, 6.07) is 27.6. The maximum Gasteiger partial charge on any atom is 0.334 e. The van der Waals surface area contributed by atoms with Crippen LogP contribution in [0.15, 0.2) is 122 Å². The lowest BCUT2D eigenvalue weighted by atomic mass is 9.80. The molecule has 2 aliphatic heterocycles. The number of fused-ring (bicyclic) bond motifs is 3. The molecule has 7 rings (SSSR count). The van der Waals surface area contributed by atoms with E-state index in [4.69, 9.17) is 18.9 Å². The Bertz CT molecular complexity index is 1740. The molecule has 2 heterocycles. The van der Waals surface area contributed by atoms with E-state index in [1.165, 1.54) is 6.08 Å². The van der Waals surface area contributed by atoms with Crippen LogP contribution in [0.3, 0.4) is 0 Å². The second kappa shape index (κ2) is 13.9. The van der Waals surface area contributed by atoms with Gasteiger partial charge in [-0.3, -0.25) is 9.59 Å². The maximum atomic E-state index is 11.9. The topological polar surface area (TPSA) is 88.1 Å². The van der Waals surface area contributed by atoms with Gasteiger partial charge in [-0.25, -0.2) is 4.79 Å². The van der Waals surface area contributed by atoms with Crippen LogP contribution in [0.2, 0.25) is 0 Å². The van der Waals surface area contributed by atoms with Crippen LogP contribution in [0.4, 0.5) is 0 Å². The van der Waals surface area contributed by atoms with Gasteiger partial charge in [0.05, 0.1) is 11.8 Å². The van der Waals surface area contributed by atoms with E-state index in [2.05, 4.69) is 13.2 Å². The zero-order chi connectivity index (χ0) is 31.1. The predicted octanol–water partition coefficient (Wildman–Crippen LogP) is 7.49. The Labute approximate surface area is 256 Å². The van der Waals surface area contributed by atoms with Crippen molar-refractivity contribution in [3.05, 3.63) is 122 Å². The molecule has 4 aromatic rings. The molecule has 0 spiro atoms. The average Bonchev–Trinajstić information content (AvgIpc) is 3.58. The summed E-state index contributed by atoms with van der Waals surface area (Å²) >= 11 is 0. The van der Waals surface area contributed by atoms with Gasteiger partial charge in [-0.1, -0.05) is 85.5 Å². The van der Waals surface area contributed by atoms with Gasteiger partial charge in [0.2, 0.25) is 6.29 Å². The summed E-state index contributed by atoms with van der Waals surface area (Å²) in [5, 5.41) is 4.45. The van der Waals surface area contributed by atoms with E-state index in [-0.39, 0.29) is 29.6 Å². The molecule has 44 heavy (non-hydrogen) atoms. The Kier molecular flexibility index (Phi) is 9.55. The van der Waals surface area contributed by atoms with Crippen molar-refractivity contribution in [3.8, 4) is 11.5 Å². The fraction of sp³-hybridized carbons (Fsp3) is 0.216. The van der Waals surface area contributed by atoms with E-state index >= 15 is 0 Å². The van der Waals surface area contributed by atoms with Crippen LogP contribution in [-0.2, 0) is 23.9 Å². The number of Topliss-reactive ketones (excluding diaryl/α,β-unsaturated/α-hetero) is 1. The van der Waals surface area contributed by atoms with Crippen LogP contribution in [0.5, 0.6) is 11.5 Å². The van der Waals surface area contributed by atoms with Crippen LogP contribution < -0.4 is 9.47 Å². The zero-order valence-corrected chi connectivity index (χ0v) is 24.5. The first-order chi connectivity index (χ1) is 21.3. The number of ether oxygens (including phenoxy) is 4. The molecule has 4 atom stereocenters. The molecular weight excluding hydrogens is 556 g/mol. The number of hydrogen-bond donors (Lipinski definition) is 0. The second-order valence-corrected chi connectivity index (χ2v) is 10.8. The third-order valence-electron chi connectivity index (χ3n) is 7.52. The highest BCUT2D eigenvalue weighted by molar-refractivity contribution is 5.86. The standard InChI is InChI=1S/C18H16O4.C14H10O3.C5H8/c19-13-6-8-15-16(10-13)18(22-17(15)20)21-14-7-5-11-3-1-2-4-12(11)9-14;15-13-7-8-14(17-13)16-12-6-5-10-3-1-2-4-11(10)9-12;1-4-5(2)3/h1-5,7,9,15-16,18H,6,8,10H2;1-9,14H;4H,1-2H2,3H3/t15-,16+,18+;14-;/m01./s1. The van der Waals surface area contributed by atoms with Gasteiger partial charge in [-0.05, 0) is 59.2 Å². The summed E-state index contributed by atoms with van der Waals surface area (Å²) in [4.78, 5) is 34.4. The first-order valence-electron chi connectivity index (χ1n) is 14.5. The normalized spacial score (nSPS) is 21.6. The van der Waals surface area contributed by atoms with Crippen molar-refractivity contribution in [2.24, 2.45) is 11.8 Å². The molecule has 0 amide bonds. The van der Waals surface area contributed by atoms with Gasteiger partial charge in [0, 0.05) is 25.0 Å². The lowest BCUT2D eigenvalue weighted by molar-refractivity contribution is -0.154. The number of rotatable bonds is 5. The van der Waals surface area contributed by atoms with Crippen molar-refractivity contribution in [2.75, 3.05) is 0 Å². The Morgan fingerprint density at radius 2 is 1.39 bits per heavy atom. The van der Waals surface area contributed by atoms with E-state index in [1.807, 2.05) is 91.9 Å². The summed E-state index contributed by atoms with van der Waals surface area (Å²) in [5.74, 6) is 0.595. The molecule has 0 radical (unpaired) electrons. The van der Waals surface area contributed by atoms with E-state index in [0.717, 1.165) is 27.1 Å². The fourth-order valence-electron chi connectivity index (χ4n) is 5.18. The summed E-state index contributed by atoms with van der Waals surface area (Å²) in [7, 11) is 0. The molecule has 0 bridgehead atoms. The van der Waals surface area contributed by atoms with Gasteiger partial charge in [-0.15, -0.1) is 0 Å². The maximum absolute atomic E-state index is 11.9. The minimum absolute atomic E-state index is 0.153. The van der Waals surface area contributed by atoms with E-state index in [0.29, 0.717) is 30.8 Å². The number of carbonyl (C=O) groups is 3. The number of cyclic esters (lactones) is 2. The van der Waals surface area contributed by atoms with Gasteiger partial charge in [0.15, 0.2) is 0 Å². The van der Waals surface area contributed by atoms with Gasteiger partial charge in [-0.2, -0.15) is 0 Å². The summed E-state index contributed by atoms with van der Waals surface area (Å²) in [6.07, 6.45) is 4.85. The highest BCUT2D eigenvalue weighted by atomic mass is 16.7. The van der Waals surface area contributed by atoms with Crippen LogP contribution in [-0.4, -0.2) is 30.3 Å². The first kappa shape index (κ1) is 30.3. The Hall–Kier alpha value is -5.17. The van der Waals surface area contributed by atoms with Crippen molar-refractivity contribution in [3.63, 3.8) is 0 Å². The Balaban J connectivity index is 0.000000155. The van der Waals surface area contributed by atoms with E-state index in [9.17, 15) is 14.4 Å². The lowest BCUT2D eigenvalue weighted by Crippen LogP contribution is -2.31. The molecule has 1 saturated heterocycles. The van der Waals surface area contributed by atoms with E-state index < -0.39 is 12.6 Å². The number of benzene rings is 4. The Morgan fingerprint density at radius 3 is 1.93 bits per heavy atom. The number of hydrogen-bond acceptors (Lipinski definition) is 7. The molecule has 4 aromatic carbocycles. The fourth-order valence-corrected chi connectivity index (χ4v) is 5.18. The van der Waals surface area contributed by atoms with Crippen molar-refractivity contribution in [1.29, 1.82) is 0 Å². The number of ketones is 1.